The number of hydrogen-bond acceptors (Lipinski definition) is 5. The summed E-state index contributed by atoms with van der Waals surface area (Å²) in [5.41, 5.74) is 3.83. The van der Waals surface area contributed by atoms with Gasteiger partial charge in [0.2, 0.25) is 0 Å². The molecule has 1 atom stereocenters. The third-order valence-electron chi connectivity index (χ3n) is 7.11. The summed E-state index contributed by atoms with van der Waals surface area (Å²) in [7, 11) is 1.87. The van der Waals surface area contributed by atoms with Crippen LogP contribution in [-0.4, -0.2) is 47.9 Å². The molecule has 0 unspecified atom stereocenters. The Morgan fingerprint density at radius 3 is 2.49 bits per heavy atom. The number of ether oxygens (including phenoxy) is 2. The van der Waals surface area contributed by atoms with E-state index in [1.54, 1.807) is 32.0 Å². The lowest BCUT2D eigenvalue weighted by Crippen LogP contribution is -2.41. The zero-order valence-electron chi connectivity index (χ0n) is 22.0. The number of anilines is 1. The van der Waals surface area contributed by atoms with Crippen LogP contribution in [0.2, 0.25) is 0 Å². The first-order valence-electron chi connectivity index (χ1n) is 12.5. The smallest absolute Gasteiger partial charge is 0.307 e. The first-order valence-corrected chi connectivity index (χ1v) is 12.5. The van der Waals surface area contributed by atoms with Gasteiger partial charge in [-0.3, -0.25) is 14.2 Å². The summed E-state index contributed by atoms with van der Waals surface area (Å²) in [5.74, 6) is -1.05. The number of halogens is 2. The number of aromatic nitrogens is 1. The Labute approximate surface area is 224 Å². The number of fused-ring (bicyclic) bond motifs is 2. The molecule has 0 saturated carbocycles. The van der Waals surface area contributed by atoms with E-state index in [1.807, 2.05) is 18.9 Å². The molecule has 1 aliphatic heterocycles. The number of carboxylic acid groups (broad SMARTS) is 1. The number of aliphatic carboxylic acids is 1. The molecule has 1 N–H and O–H groups in total. The van der Waals surface area contributed by atoms with Crippen LogP contribution in [0.1, 0.15) is 32.7 Å². The summed E-state index contributed by atoms with van der Waals surface area (Å²) in [6.07, 6.45) is -0.606. The molecule has 2 heterocycles. The molecular formula is C30H28F2N2O5. The van der Waals surface area contributed by atoms with Crippen molar-refractivity contribution >= 4 is 28.5 Å². The Hall–Kier alpha value is -4.40. The van der Waals surface area contributed by atoms with Crippen LogP contribution in [0.4, 0.5) is 14.5 Å². The molecule has 1 aromatic heterocycles. The van der Waals surface area contributed by atoms with E-state index in [1.165, 1.54) is 34.9 Å². The van der Waals surface area contributed by atoms with Crippen LogP contribution in [0.25, 0.3) is 10.9 Å². The van der Waals surface area contributed by atoms with Crippen molar-refractivity contribution in [1.29, 1.82) is 0 Å². The van der Waals surface area contributed by atoms with Gasteiger partial charge in [-0.15, -0.1) is 0 Å². The van der Waals surface area contributed by atoms with Crippen molar-refractivity contribution in [2.24, 2.45) is 0 Å². The van der Waals surface area contributed by atoms with Crippen molar-refractivity contribution in [1.82, 2.24) is 4.57 Å². The van der Waals surface area contributed by atoms with Gasteiger partial charge in [-0.25, -0.2) is 8.78 Å². The van der Waals surface area contributed by atoms with Crippen LogP contribution in [-0.2, 0) is 11.2 Å². The lowest BCUT2D eigenvalue weighted by atomic mass is 10.0. The van der Waals surface area contributed by atoms with Crippen LogP contribution >= 0.6 is 0 Å². The number of aryl methyl sites for hydroxylation is 2. The summed E-state index contributed by atoms with van der Waals surface area (Å²) >= 11 is 0. The number of carboxylic acids is 1. The summed E-state index contributed by atoms with van der Waals surface area (Å²) in [5, 5.41) is 9.79. The number of carbonyl (C=O) groups excluding carboxylic acids is 1. The molecule has 7 nitrogen and oxygen atoms in total. The van der Waals surface area contributed by atoms with Gasteiger partial charge in [-0.05, 0) is 79.9 Å². The van der Waals surface area contributed by atoms with E-state index in [-0.39, 0.29) is 30.9 Å². The van der Waals surface area contributed by atoms with Gasteiger partial charge in [0.15, 0.2) is 0 Å². The summed E-state index contributed by atoms with van der Waals surface area (Å²) in [6.45, 7) is 6.07. The van der Waals surface area contributed by atoms with Gasteiger partial charge in [-0.2, -0.15) is 0 Å². The fourth-order valence-electron chi connectivity index (χ4n) is 5.17. The molecule has 0 amide bonds. The van der Waals surface area contributed by atoms with E-state index in [0.29, 0.717) is 57.0 Å². The minimum atomic E-state index is -1.06. The van der Waals surface area contributed by atoms with Gasteiger partial charge in [0, 0.05) is 29.8 Å². The van der Waals surface area contributed by atoms with Gasteiger partial charge >= 0.3 is 5.97 Å². The van der Waals surface area contributed by atoms with Gasteiger partial charge in [-0.1, -0.05) is 0 Å². The second kappa shape index (κ2) is 10.1. The highest BCUT2D eigenvalue weighted by molar-refractivity contribution is 6.05. The average molecular weight is 535 g/mol. The molecule has 0 fully saturated rings. The second-order valence-corrected chi connectivity index (χ2v) is 9.91. The number of nitrogens with zero attached hydrogens (tertiary/aromatic N) is 2. The van der Waals surface area contributed by atoms with Crippen molar-refractivity contribution in [3.8, 4) is 11.5 Å². The van der Waals surface area contributed by atoms with Crippen molar-refractivity contribution in [3.63, 3.8) is 0 Å². The summed E-state index contributed by atoms with van der Waals surface area (Å²) < 4.78 is 41.2. The largest absolute Gasteiger partial charge is 0.489 e. The highest BCUT2D eigenvalue weighted by Gasteiger charge is 2.26. The topological polar surface area (TPSA) is 81.0 Å². The highest BCUT2D eigenvalue weighted by atomic mass is 19.1. The van der Waals surface area contributed by atoms with Gasteiger partial charge < -0.3 is 19.5 Å². The Bertz CT molecular complexity index is 1630. The van der Waals surface area contributed by atoms with Gasteiger partial charge in [0.05, 0.1) is 24.2 Å². The second-order valence-electron chi connectivity index (χ2n) is 9.91. The first-order chi connectivity index (χ1) is 18.5. The molecule has 0 saturated heterocycles. The Balaban J connectivity index is 1.40. The zero-order chi connectivity index (χ0) is 28.0. The highest BCUT2D eigenvalue weighted by Crippen LogP contribution is 2.34. The maximum Gasteiger partial charge on any atom is 0.307 e. The van der Waals surface area contributed by atoms with Crippen LogP contribution in [0.3, 0.4) is 0 Å². The van der Waals surface area contributed by atoms with E-state index in [2.05, 4.69) is 0 Å². The molecule has 0 bridgehead atoms. The average Bonchev–Trinajstić information content (AvgIpc) is 3.14. The number of carbonyl (C=O) groups is 2. The van der Waals surface area contributed by atoms with Crippen molar-refractivity contribution in [2.75, 3.05) is 25.1 Å². The van der Waals surface area contributed by atoms with Crippen LogP contribution < -0.4 is 14.4 Å². The molecule has 0 aliphatic carbocycles. The van der Waals surface area contributed by atoms with Gasteiger partial charge in [0.1, 0.15) is 35.8 Å². The minimum Gasteiger partial charge on any atom is -0.489 e. The Morgan fingerprint density at radius 1 is 1.03 bits per heavy atom. The molecule has 5 rings (SSSR count). The van der Waals surface area contributed by atoms with E-state index >= 15 is 0 Å². The fraction of sp³-hybridized carbons (Fsp3) is 0.267. The molecule has 202 valence electrons. The van der Waals surface area contributed by atoms with E-state index in [9.17, 15) is 23.5 Å². The maximum atomic E-state index is 14.0. The Morgan fingerprint density at radius 2 is 1.74 bits per heavy atom. The van der Waals surface area contributed by atoms with Gasteiger partial charge in [0.25, 0.3) is 5.91 Å². The number of hydrogen-bond donors (Lipinski definition) is 1. The number of likely N-dealkylation sites (N-methyl/N-ethyl adjacent to an activating group) is 1. The van der Waals surface area contributed by atoms with Crippen molar-refractivity contribution < 1.29 is 33.0 Å². The predicted octanol–water partition coefficient (Wildman–Crippen LogP) is 5.44. The predicted molar refractivity (Wildman–Crippen MR) is 143 cm³/mol. The van der Waals surface area contributed by atoms with Crippen LogP contribution in [0.15, 0.2) is 48.5 Å². The van der Waals surface area contributed by atoms with E-state index in [0.717, 1.165) is 5.56 Å². The van der Waals surface area contributed by atoms with Crippen molar-refractivity contribution in [2.45, 2.75) is 33.3 Å². The number of benzene rings is 3. The Kier molecular flexibility index (Phi) is 6.76. The maximum absolute atomic E-state index is 14.0. The molecular weight excluding hydrogens is 506 g/mol. The normalized spacial score (nSPS) is 14.7. The van der Waals surface area contributed by atoms with Crippen LogP contribution in [0.5, 0.6) is 11.5 Å². The zero-order valence-corrected chi connectivity index (χ0v) is 22.0. The lowest BCUT2D eigenvalue weighted by Gasteiger charge is -2.33. The fourth-order valence-corrected chi connectivity index (χ4v) is 5.17. The molecule has 0 radical (unpaired) electrons. The monoisotopic (exact) mass is 534 g/mol. The molecule has 9 heteroatoms. The third-order valence-corrected chi connectivity index (χ3v) is 7.11. The minimum absolute atomic E-state index is 0.250. The van der Waals surface area contributed by atoms with E-state index < -0.39 is 11.8 Å². The number of rotatable bonds is 6. The molecule has 4 aromatic rings. The summed E-state index contributed by atoms with van der Waals surface area (Å²) in [4.78, 5) is 27.2. The molecule has 1 aliphatic rings. The molecule has 39 heavy (non-hydrogen) atoms. The molecule has 0 spiro atoms. The van der Waals surface area contributed by atoms with Crippen LogP contribution in [0, 0.1) is 32.4 Å². The van der Waals surface area contributed by atoms with Crippen molar-refractivity contribution in [3.05, 3.63) is 88.1 Å². The quantitative estimate of drug-likeness (QED) is 0.355. The standard InChI is InChI=1S/C30H28F2N2O5/c1-16-10-28(38-15-21-14-33(4)26-12-20(32)6-8-27(26)39-21)17(2)9-22(16)30(37)34-18(3)23(13-29(35)36)24-11-19(31)5-7-25(24)34/h5-12,21H,13-15H2,1-4H3,(H,35,36)/t21-/m0/s1. The summed E-state index contributed by atoms with van der Waals surface area (Å²) in [6, 6.07) is 11.9. The lowest BCUT2D eigenvalue weighted by molar-refractivity contribution is -0.136. The SMILES string of the molecule is Cc1cc(C(=O)n2c(C)c(CC(=O)O)c3cc(F)ccc32)c(C)cc1OC[C@@H]1CN(C)c2cc(F)ccc2O1. The van der Waals surface area contributed by atoms with E-state index in [4.69, 9.17) is 9.47 Å². The first kappa shape index (κ1) is 26.2. The third kappa shape index (κ3) is 4.92. The molecule has 3 aromatic carbocycles.